The molecule has 0 aliphatic rings. The number of hydrogen-bond donors (Lipinski definition) is 1. The minimum Gasteiger partial charge on any atom is -0.493 e. The first-order chi connectivity index (χ1) is 9.40. The molecule has 0 fully saturated rings. The van der Waals surface area contributed by atoms with Crippen molar-refractivity contribution in [3.63, 3.8) is 0 Å². The van der Waals surface area contributed by atoms with Crippen molar-refractivity contribution in [1.82, 2.24) is 0 Å². The van der Waals surface area contributed by atoms with E-state index in [1.54, 1.807) is 0 Å². The molecule has 2 heteroatoms. The maximum absolute atomic E-state index is 9.01. The van der Waals surface area contributed by atoms with Crippen LogP contribution < -0.4 is 4.74 Å². The van der Waals surface area contributed by atoms with Crippen molar-refractivity contribution in [3.8, 4) is 5.75 Å². The van der Waals surface area contributed by atoms with Crippen LogP contribution in [0.2, 0.25) is 0 Å². The lowest BCUT2D eigenvalue weighted by Crippen LogP contribution is -2.02. The highest BCUT2D eigenvalue weighted by Gasteiger charge is 2.02. The van der Waals surface area contributed by atoms with Crippen molar-refractivity contribution in [2.24, 2.45) is 0 Å². The van der Waals surface area contributed by atoms with Crippen LogP contribution in [0.5, 0.6) is 5.75 Å². The molecule has 0 heterocycles. The van der Waals surface area contributed by atoms with Crippen LogP contribution in [0.3, 0.4) is 0 Å². The van der Waals surface area contributed by atoms with Crippen LogP contribution in [0.25, 0.3) is 0 Å². The molecule has 0 aliphatic carbocycles. The second-order valence-corrected chi connectivity index (χ2v) is 4.52. The third-order valence-electron chi connectivity index (χ3n) is 3.06. The third-order valence-corrected chi connectivity index (χ3v) is 3.06. The second-order valence-electron chi connectivity index (χ2n) is 4.52. The van der Waals surface area contributed by atoms with Crippen LogP contribution in [-0.4, -0.2) is 18.3 Å². The highest BCUT2D eigenvalue weighted by molar-refractivity contribution is 5.33. The third kappa shape index (κ3) is 4.42. The molecule has 2 nitrogen and oxygen atoms in total. The van der Waals surface area contributed by atoms with Gasteiger partial charge in [-0.3, -0.25) is 0 Å². The fourth-order valence-corrected chi connectivity index (χ4v) is 2.07. The molecule has 0 saturated carbocycles. The summed E-state index contributed by atoms with van der Waals surface area (Å²) in [6.45, 7) is 0.863. The van der Waals surface area contributed by atoms with E-state index in [2.05, 4.69) is 24.3 Å². The monoisotopic (exact) mass is 256 g/mol. The summed E-state index contributed by atoms with van der Waals surface area (Å²) < 4.78 is 5.80. The largest absolute Gasteiger partial charge is 0.493 e. The fraction of sp³-hybridized carbons (Fsp3) is 0.294. The Kier molecular flexibility index (Phi) is 5.45. The molecule has 0 bridgehead atoms. The van der Waals surface area contributed by atoms with Gasteiger partial charge in [-0.1, -0.05) is 48.5 Å². The van der Waals surface area contributed by atoms with Crippen molar-refractivity contribution in [2.75, 3.05) is 13.2 Å². The number of benzene rings is 2. The fourth-order valence-electron chi connectivity index (χ4n) is 2.07. The van der Waals surface area contributed by atoms with Gasteiger partial charge in [0.15, 0.2) is 0 Å². The highest BCUT2D eigenvalue weighted by atomic mass is 16.5. The van der Waals surface area contributed by atoms with E-state index in [1.807, 2.05) is 30.3 Å². The lowest BCUT2D eigenvalue weighted by molar-refractivity contribution is 0.286. The van der Waals surface area contributed by atoms with Gasteiger partial charge >= 0.3 is 0 Å². The minimum absolute atomic E-state index is 0.157. The standard InChI is InChI=1S/C17H20O2/c18-13-12-16-10-4-5-11-17(16)19-14-6-9-15-7-2-1-3-8-15/h1-5,7-8,10-11,18H,6,9,12-14H2. The van der Waals surface area contributed by atoms with Crippen LogP contribution in [0.4, 0.5) is 0 Å². The maximum Gasteiger partial charge on any atom is 0.122 e. The van der Waals surface area contributed by atoms with Gasteiger partial charge in [0.2, 0.25) is 0 Å². The normalized spacial score (nSPS) is 10.4. The molecular weight excluding hydrogens is 236 g/mol. The molecule has 0 radical (unpaired) electrons. The number of aliphatic hydroxyl groups excluding tert-OH is 1. The summed E-state index contributed by atoms with van der Waals surface area (Å²) in [5.74, 6) is 0.893. The first kappa shape index (κ1) is 13.6. The van der Waals surface area contributed by atoms with Crippen LogP contribution in [0.1, 0.15) is 17.5 Å². The molecule has 2 rings (SSSR count). The summed E-state index contributed by atoms with van der Waals surface area (Å²) in [7, 11) is 0. The molecule has 0 atom stereocenters. The average molecular weight is 256 g/mol. The first-order valence-electron chi connectivity index (χ1n) is 6.75. The molecule has 1 N–H and O–H groups in total. The van der Waals surface area contributed by atoms with Crippen LogP contribution in [0.15, 0.2) is 54.6 Å². The van der Waals surface area contributed by atoms with Gasteiger partial charge in [-0.15, -0.1) is 0 Å². The Bertz CT molecular complexity index is 480. The zero-order chi connectivity index (χ0) is 13.3. The minimum atomic E-state index is 0.157. The van der Waals surface area contributed by atoms with Gasteiger partial charge in [0.05, 0.1) is 6.61 Å². The van der Waals surface area contributed by atoms with Gasteiger partial charge in [0.1, 0.15) is 5.75 Å². The molecule has 0 aromatic heterocycles. The Morgan fingerprint density at radius 2 is 1.58 bits per heavy atom. The molecule has 0 aliphatic heterocycles. The lowest BCUT2D eigenvalue weighted by atomic mass is 10.1. The Morgan fingerprint density at radius 3 is 2.37 bits per heavy atom. The van der Waals surface area contributed by atoms with E-state index in [9.17, 15) is 0 Å². The van der Waals surface area contributed by atoms with Gasteiger partial charge in [-0.25, -0.2) is 0 Å². The summed E-state index contributed by atoms with van der Waals surface area (Å²) in [6.07, 6.45) is 2.68. The van der Waals surface area contributed by atoms with E-state index < -0.39 is 0 Å². The number of ether oxygens (including phenoxy) is 1. The predicted octanol–water partition coefficient (Wildman–Crippen LogP) is 3.23. The molecule has 2 aromatic rings. The summed E-state index contributed by atoms with van der Waals surface area (Å²) in [4.78, 5) is 0. The molecule has 0 amide bonds. The van der Waals surface area contributed by atoms with Crippen molar-refractivity contribution >= 4 is 0 Å². The molecular formula is C17H20O2. The second kappa shape index (κ2) is 7.59. The highest BCUT2D eigenvalue weighted by Crippen LogP contribution is 2.18. The van der Waals surface area contributed by atoms with Crippen molar-refractivity contribution in [3.05, 3.63) is 65.7 Å². The molecule has 0 unspecified atom stereocenters. The van der Waals surface area contributed by atoms with Crippen molar-refractivity contribution in [1.29, 1.82) is 0 Å². The zero-order valence-corrected chi connectivity index (χ0v) is 11.1. The van der Waals surface area contributed by atoms with E-state index in [4.69, 9.17) is 9.84 Å². The average Bonchev–Trinajstić information content (AvgIpc) is 2.47. The first-order valence-corrected chi connectivity index (χ1v) is 6.75. The summed E-state index contributed by atoms with van der Waals surface area (Å²) in [5.41, 5.74) is 2.42. The predicted molar refractivity (Wildman–Crippen MR) is 77.5 cm³/mol. The zero-order valence-electron chi connectivity index (χ0n) is 11.1. The Hall–Kier alpha value is -1.80. The van der Waals surface area contributed by atoms with Gasteiger partial charge in [-0.2, -0.15) is 0 Å². The van der Waals surface area contributed by atoms with E-state index in [1.165, 1.54) is 5.56 Å². The Balaban J connectivity index is 1.79. The number of rotatable bonds is 7. The van der Waals surface area contributed by atoms with Gasteiger partial charge in [0.25, 0.3) is 0 Å². The summed E-state index contributed by atoms with van der Waals surface area (Å²) in [5, 5.41) is 9.01. The number of para-hydroxylation sites is 1. The number of hydrogen-bond acceptors (Lipinski definition) is 2. The van der Waals surface area contributed by atoms with E-state index >= 15 is 0 Å². The summed E-state index contributed by atoms with van der Waals surface area (Å²) >= 11 is 0. The number of aliphatic hydroxyl groups is 1. The topological polar surface area (TPSA) is 29.5 Å². The summed E-state index contributed by atoms with van der Waals surface area (Å²) in [6, 6.07) is 18.3. The number of aryl methyl sites for hydroxylation is 1. The van der Waals surface area contributed by atoms with E-state index in [0.717, 1.165) is 24.2 Å². The quantitative estimate of drug-likeness (QED) is 0.771. The molecule has 0 saturated heterocycles. The van der Waals surface area contributed by atoms with Gasteiger partial charge < -0.3 is 9.84 Å². The Labute approximate surface area is 114 Å². The van der Waals surface area contributed by atoms with E-state index in [-0.39, 0.29) is 6.61 Å². The van der Waals surface area contributed by atoms with Crippen LogP contribution in [0, 0.1) is 0 Å². The Morgan fingerprint density at radius 1 is 0.842 bits per heavy atom. The maximum atomic E-state index is 9.01. The van der Waals surface area contributed by atoms with Gasteiger partial charge in [0, 0.05) is 6.61 Å². The lowest BCUT2D eigenvalue weighted by Gasteiger charge is -2.10. The van der Waals surface area contributed by atoms with Gasteiger partial charge in [-0.05, 0) is 36.5 Å². The van der Waals surface area contributed by atoms with Crippen LogP contribution >= 0.6 is 0 Å². The molecule has 2 aromatic carbocycles. The van der Waals surface area contributed by atoms with Crippen LogP contribution in [-0.2, 0) is 12.8 Å². The van der Waals surface area contributed by atoms with Crippen molar-refractivity contribution < 1.29 is 9.84 Å². The smallest absolute Gasteiger partial charge is 0.122 e. The molecule has 0 spiro atoms. The SMILES string of the molecule is OCCc1ccccc1OCCCc1ccccc1. The molecule has 100 valence electrons. The molecule has 19 heavy (non-hydrogen) atoms. The van der Waals surface area contributed by atoms with E-state index in [0.29, 0.717) is 13.0 Å². The van der Waals surface area contributed by atoms with Crippen molar-refractivity contribution in [2.45, 2.75) is 19.3 Å².